The van der Waals surface area contributed by atoms with E-state index in [0.717, 1.165) is 56.3 Å². The zero-order valence-corrected chi connectivity index (χ0v) is 19.1. The smallest absolute Gasteiger partial charge is 0.182 e. The molecule has 1 heterocycles. The summed E-state index contributed by atoms with van der Waals surface area (Å²) in [4.78, 5) is 0. The zero-order chi connectivity index (χ0) is 21.9. The summed E-state index contributed by atoms with van der Waals surface area (Å²) in [6, 6.07) is 5.10. The third-order valence-corrected chi connectivity index (χ3v) is 5.73. The lowest BCUT2D eigenvalue weighted by atomic mass is 9.87. The number of rotatable bonds is 12. The van der Waals surface area contributed by atoms with E-state index >= 15 is 0 Å². The van der Waals surface area contributed by atoms with Gasteiger partial charge in [-0.3, -0.25) is 0 Å². The van der Waals surface area contributed by atoms with Crippen LogP contribution in [0.3, 0.4) is 0 Å². The molecule has 0 bridgehead atoms. The summed E-state index contributed by atoms with van der Waals surface area (Å²) in [5, 5.41) is 18.1. The van der Waals surface area contributed by atoms with E-state index in [0.29, 0.717) is 5.82 Å². The van der Waals surface area contributed by atoms with E-state index in [1.165, 1.54) is 22.8 Å². The molecular formula is C24H36FN5. The van der Waals surface area contributed by atoms with Crippen molar-refractivity contribution in [1.82, 2.24) is 25.9 Å². The maximum absolute atomic E-state index is 14.2. The van der Waals surface area contributed by atoms with Crippen LogP contribution in [0.2, 0.25) is 0 Å². The maximum Gasteiger partial charge on any atom is 0.182 e. The lowest BCUT2D eigenvalue weighted by Gasteiger charge is -2.19. The molecule has 1 aromatic heterocycles. The highest BCUT2D eigenvalue weighted by Gasteiger charge is 2.22. The van der Waals surface area contributed by atoms with Gasteiger partial charge in [-0.05, 0) is 87.9 Å². The molecule has 164 valence electrons. The van der Waals surface area contributed by atoms with E-state index in [1.54, 1.807) is 6.07 Å². The highest BCUT2D eigenvalue weighted by atomic mass is 19.1. The zero-order valence-electron chi connectivity index (χ0n) is 19.1. The van der Waals surface area contributed by atoms with E-state index < -0.39 is 0 Å². The molecule has 2 aromatic rings. The standard InChI is InChI=1S/C24H36FN5/c1-6-17(4)15-19(18(5)7-2)9-10-20-16-21(25)11-12-22(20)23(13-14-26-8-3)24-27-29-30-28-24/h11-12,15-16,23,26H,6-10,13-14H2,1-5H3,(H,27,28,29,30)/b17-15+,19-18-. The fourth-order valence-electron chi connectivity index (χ4n) is 3.60. The van der Waals surface area contributed by atoms with Gasteiger partial charge in [0.1, 0.15) is 5.82 Å². The van der Waals surface area contributed by atoms with Gasteiger partial charge in [0.15, 0.2) is 5.82 Å². The monoisotopic (exact) mass is 413 g/mol. The molecule has 0 amide bonds. The second-order valence-electron chi connectivity index (χ2n) is 7.81. The summed E-state index contributed by atoms with van der Waals surface area (Å²) in [5.41, 5.74) is 6.22. The Morgan fingerprint density at radius 1 is 1.20 bits per heavy atom. The van der Waals surface area contributed by atoms with Crippen LogP contribution in [-0.4, -0.2) is 33.7 Å². The van der Waals surface area contributed by atoms with Crippen LogP contribution in [-0.2, 0) is 6.42 Å². The van der Waals surface area contributed by atoms with E-state index in [4.69, 9.17) is 0 Å². The first-order chi connectivity index (χ1) is 14.5. The number of halogens is 1. The number of allylic oxidation sites excluding steroid dienone is 4. The summed E-state index contributed by atoms with van der Waals surface area (Å²) >= 11 is 0. The first kappa shape index (κ1) is 23.9. The minimum atomic E-state index is -0.203. The molecule has 0 spiro atoms. The van der Waals surface area contributed by atoms with Gasteiger partial charge < -0.3 is 5.32 Å². The predicted molar refractivity (Wildman–Crippen MR) is 121 cm³/mol. The highest BCUT2D eigenvalue weighted by molar-refractivity contribution is 5.36. The van der Waals surface area contributed by atoms with Gasteiger partial charge in [0.25, 0.3) is 0 Å². The van der Waals surface area contributed by atoms with E-state index in [9.17, 15) is 4.39 Å². The van der Waals surface area contributed by atoms with Crippen molar-refractivity contribution in [3.63, 3.8) is 0 Å². The van der Waals surface area contributed by atoms with Crippen LogP contribution in [0, 0.1) is 5.82 Å². The molecule has 0 radical (unpaired) electrons. The third kappa shape index (κ3) is 6.87. The van der Waals surface area contributed by atoms with Gasteiger partial charge in [-0.25, -0.2) is 4.39 Å². The summed E-state index contributed by atoms with van der Waals surface area (Å²) in [6.45, 7) is 12.6. The number of nitrogens with zero attached hydrogens (tertiary/aromatic N) is 3. The SMILES string of the molecule is CCNCCC(c1nn[nH]n1)c1ccc(F)cc1CCC(/C=C(\C)CC)=C(\C)CC. The van der Waals surface area contributed by atoms with E-state index in [-0.39, 0.29) is 11.7 Å². The van der Waals surface area contributed by atoms with Crippen molar-refractivity contribution in [2.45, 2.75) is 72.6 Å². The molecule has 0 aliphatic rings. The fraction of sp³-hybridized carbons (Fsp3) is 0.542. The lowest BCUT2D eigenvalue weighted by Crippen LogP contribution is -2.19. The first-order valence-corrected chi connectivity index (χ1v) is 11.1. The normalized spacial score (nSPS) is 14.0. The summed E-state index contributed by atoms with van der Waals surface area (Å²) < 4.78 is 14.2. The molecule has 0 saturated carbocycles. The molecule has 0 saturated heterocycles. The van der Waals surface area contributed by atoms with Gasteiger partial charge in [-0.15, -0.1) is 10.2 Å². The third-order valence-electron chi connectivity index (χ3n) is 5.73. The molecule has 6 heteroatoms. The van der Waals surface area contributed by atoms with Crippen molar-refractivity contribution in [3.8, 4) is 0 Å². The second-order valence-corrected chi connectivity index (χ2v) is 7.81. The Hall–Kier alpha value is -2.34. The summed E-state index contributed by atoms with van der Waals surface area (Å²) in [5.74, 6) is 0.430. The number of aromatic nitrogens is 4. The van der Waals surface area contributed by atoms with Crippen molar-refractivity contribution in [2.75, 3.05) is 13.1 Å². The Morgan fingerprint density at radius 2 is 2.00 bits per heavy atom. The fourth-order valence-corrected chi connectivity index (χ4v) is 3.60. The Bertz CT molecular complexity index is 839. The average Bonchev–Trinajstić information content (AvgIpc) is 3.28. The van der Waals surface area contributed by atoms with Crippen LogP contribution >= 0.6 is 0 Å². The highest BCUT2D eigenvalue weighted by Crippen LogP contribution is 2.30. The van der Waals surface area contributed by atoms with Gasteiger partial charge >= 0.3 is 0 Å². The Kier molecular flexibility index (Phi) is 9.87. The molecule has 2 N–H and O–H groups in total. The number of aromatic amines is 1. The van der Waals surface area contributed by atoms with Gasteiger partial charge in [0, 0.05) is 5.92 Å². The van der Waals surface area contributed by atoms with Gasteiger partial charge in [-0.2, -0.15) is 5.21 Å². The maximum atomic E-state index is 14.2. The van der Waals surface area contributed by atoms with Crippen molar-refractivity contribution in [1.29, 1.82) is 0 Å². The number of tetrazole rings is 1. The second kappa shape index (κ2) is 12.4. The summed E-state index contributed by atoms with van der Waals surface area (Å²) in [7, 11) is 0. The van der Waals surface area contributed by atoms with E-state index in [1.807, 2.05) is 6.07 Å². The average molecular weight is 414 g/mol. The van der Waals surface area contributed by atoms with Crippen molar-refractivity contribution >= 4 is 0 Å². The quantitative estimate of drug-likeness (QED) is 0.357. The molecule has 0 fully saturated rings. The van der Waals surface area contributed by atoms with Crippen LogP contribution < -0.4 is 5.32 Å². The molecule has 1 aromatic carbocycles. The van der Waals surface area contributed by atoms with Gasteiger partial charge in [0.2, 0.25) is 0 Å². The van der Waals surface area contributed by atoms with Crippen molar-refractivity contribution < 1.29 is 4.39 Å². The molecule has 0 aliphatic carbocycles. The minimum absolute atomic E-state index is 0.0222. The van der Waals surface area contributed by atoms with Crippen LogP contribution in [0.4, 0.5) is 4.39 Å². The first-order valence-electron chi connectivity index (χ1n) is 11.1. The Labute approximate surface area is 180 Å². The molecule has 5 nitrogen and oxygen atoms in total. The number of hydrogen-bond donors (Lipinski definition) is 2. The number of benzene rings is 1. The minimum Gasteiger partial charge on any atom is -0.317 e. The van der Waals surface area contributed by atoms with Crippen LogP contribution in [0.5, 0.6) is 0 Å². The van der Waals surface area contributed by atoms with Crippen LogP contribution in [0.25, 0.3) is 0 Å². The van der Waals surface area contributed by atoms with Gasteiger partial charge in [-0.1, -0.05) is 49.3 Å². The topological polar surface area (TPSA) is 66.5 Å². The number of hydrogen-bond acceptors (Lipinski definition) is 4. The van der Waals surface area contributed by atoms with Crippen LogP contribution in [0.1, 0.15) is 83.2 Å². The van der Waals surface area contributed by atoms with Crippen LogP contribution in [0.15, 0.2) is 41.0 Å². The molecule has 1 unspecified atom stereocenters. The molecule has 1 atom stereocenters. The number of nitrogens with one attached hydrogen (secondary N) is 2. The number of aryl methyl sites for hydroxylation is 1. The lowest BCUT2D eigenvalue weighted by molar-refractivity contribution is 0.596. The molecule has 30 heavy (non-hydrogen) atoms. The van der Waals surface area contributed by atoms with Crippen molar-refractivity contribution in [2.24, 2.45) is 0 Å². The molecular weight excluding hydrogens is 377 g/mol. The summed E-state index contributed by atoms with van der Waals surface area (Å²) in [6.07, 6.45) is 6.86. The Morgan fingerprint density at radius 3 is 2.63 bits per heavy atom. The van der Waals surface area contributed by atoms with E-state index in [2.05, 4.69) is 66.6 Å². The Balaban J connectivity index is 2.35. The number of H-pyrrole nitrogens is 1. The van der Waals surface area contributed by atoms with Gasteiger partial charge in [0.05, 0.1) is 0 Å². The van der Waals surface area contributed by atoms with Crippen molar-refractivity contribution in [3.05, 3.63) is 63.8 Å². The predicted octanol–water partition coefficient (Wildman–Crippen LogP) is 5.49. The largest absolute Gasteiger partial charge is 0.317 e. The molecule has 0 aliphatic heterocycles. The molecule has 2 rings (SSSR count).